The number of benzene rings is 1. The first-order valence-electron chi connectivity index (χ1n) is 7.61. The molecule has 2 aromatic rings. The van der Waals surface area contributed by atoms with Gasteiger partial charge in [0.05, 0.1) is 5.02 Å². The molecule has 5 heteroatoms. The normalized spacial score (nSPS) is 28.0. The van der Waals surface area contributed by atoms with Crippen molar-refractivity contribution in [3.63, 3.8) is 0 Å². The fourth-order valence-electron chi connectivity index (χ4n) is 3.68. The van der Waals surface area contributed by atoms with Gasteiger partial charge in [-0.25, -0.2) is 0 Å². The topological polar surface area (TPSA) is 51.0 Å². The Hall–Kier alpha value is -1.39. The molecule has 0 amide bonds. The predicted octanol–water partition coefficient (Wildman–Crippen LogP) is 3.46. The number of fused-ring (bicyclic) bond motifs is 2. The molecule has 2 aliphatic rings. The molecule has 110 valence electrons. The molecule has 2 atom stereocenters. The average molecular weight is 304 g/mol. The van der Waals surface area contributed by atoms with Gasteiger partial charge in [0.25, 0.3) is 0 Å². The Labute approximate surface area is 128 Å². The Morgan fingerprint density at radius 2 is 1.95 bits per heavy atom. The van der Waals surface area contributed by atoms with E-state index < -0.39 is 0 Å². The van der Waals surface area contributed by atoms with Gasteiger partial charge in [0.2, 0.25) is 11.7 Å². The van der Waals surface area contributed by atoms with E-state index in [9.17, 15) is 0 Å². The Morgan fingerprint density at radius 3 is 2.71 bits per heavy atom. The first-order valence-corrected chi connectivity index (χ1v) is 7.99. The number of halogens is 1. The van der Waals surface area contributed by atoms with E-state index in [-0.39, 0.29) is 0 Å². The van der Waals surface area contributed by atoms with Gasteiger partial charge in [-0.15, -0.1) is 0 Å². The molecule has 0 aliphatic carbocycles. The van der Waals surface area contributed by atoms with Crippen LogP contribution in [0.2, 0.25) is 5.02 Å². The molecule has 4 rings (SSSR count). The van der Waals surface area contributed by atoms with Gasteiger partial charge < -0.3 is 9.84 Å². The molecule has 2 fully saturated rings. The van der Waals surface area contributed by atoms with Crippen molar-refractivity contribution in [2.24, 2.45) is 5.92 Å². The van der Waals surface area contributed by atoms with Crippen LogP contribution in [0, 0.1) is 5.92 Å². The fourth-order valence-corrected chi connectivity index (χ4v) is 3.90. The monoisotopic (exact) mass is 303 g/mol. The van der Waals surface area contributed by atoms with E-state index in [0.29, 0.717) is 28.8 Å². The molecule has 21 heavy (non-hydrogen) atoms. The van der Waals surface area contributed by atoms with E-state index in [4.69, 9.17) is 16.1 Å². The summed E-state index contributed by atoms with van der Waals surface area (Å²) < 4.78 is 5.43. The zero-order chi connectivity index (χ0) is 14.2. The molecular formula is C16H18ClN3O. The summed E-state index contributed by atoms with van der Waals surface area (Å²) in [6.45, 7) is 0. The third-order valence-electron chi connectivity index (χ3n) is 4.62. The van der Waals surface area contributed by atoms with Crippen LogP contribution in [-0.4, -0.2) is 22.2 Å². The van der Waals surface area contributed by atoms with Crippen LogP contribution in [0.3, 0.4) is 0 Å². The third-order valence-corrected chi connectivity index (χ3v) is 4.95. The summed E-state index contributed by atoms with van der Waals surface area (Å²) in [6, 6.07) is 8.98. The quantitative estimate of drug-likeness (QED) is 0.943. The van der Waals surface area contributed by atoms with Gasteiger partial charge in [0.1, 0.15) is 0 Å². The molecular weight excluding hydrogens is 286 g/mol. The summed E-state index contributed by atoms with van der Waals surface area (Å²) in [5, 5.41) is 8.40. The number of hydrogen-bond acceptors (Lipinski definition) is 4. The first-order chi connectivity index (χ1) is 10.3. The van der Waals surface area contributed by atoms with Gasteiger partial charge in [-0.2, -0.15) is 4.98 Å². The highest BCUT2D eigenvalue weighted by Crippen LogP contribution is 2.33. The van der Waals surface area contributed by atoms with Crippen LogP contribution in [0.25, 0.3) is 11.4 Å². The lowest BCUT2D eigenvalue weighted by Crippen LogP contribution is -2.38. The molecule has 2 saturated heterocycles. The van der Waals surface area contributed by atoms with Crippen molar-refractivity contribution in [1.29, 1.82) is 0 Å². The smallest absolute Gasteiger partial charge is 0.227 e. The second-order valence-electron chi connectivity index (χ2n) is 6.17. The maximum Gasteiger partial charge on any atom is 0.227 e. The molecule has 0 saturated carbocycles. The molecule has 0 radical (unpaired) electrons. The molecule has 4 nitrogen and oxygen atoms in total. The van der Waals surface area contributed by atoms with Crippen molar-refractivity contribution in [3.05, 3.63) is 35.2 Å². The zero-order valence-electron chi connectivity index (χ0n) is 11.8. The maximum absolute atomic E-state index is 6.18. The van der Waals surface area contributed by atoms with Crippen LogP contribution in [0.1, 0.15) is 31.6 Å². The summed E-state index contributed by atoms with van der Waals surface area (Å²) in [7, 11) is 0. The lowest BCUT2D eigenvalue weighted by Gasteiger charge is -2.27. The van der Waals surface area contributed by atoms with Crippen LogP contribution in [0.5, 0.6) is 0 Å². The minimum atomic E-state index is 0.590. The highest BCUT2D eigenvalue weighted by Gasteiger charge is 2.34. The number of aromatic nitrogens is 2. The van der Waals surface area contributed by atoms with Gasteiger partial charge in [0, 0.05) is 24.1 Å². The van der Waals surface area contributed by atoms with E-state index in [2.05, 4.69) is 15.5 Å². The SMILES string of the molecule is Clc1ccccc1-c1noc(CC2CC3CCC(C2)N3)n1. The summed E-state index contributed by atoms with van der Waals surface area (Å²) in [6.07, 6.45) is 5.96. The van der Waals surface area contributed by atoms with Crippen LogP contribution < -0.4 is 5.32 Å². The molecule has 1 aromatic carbocycles. The van der Waals surface area contributed by atoms with Gasteiger partial charge in [-0.3, -0.25) is 0 Å². The van der Waals surface area contributed by atoms with Crippen molar-refractivity contribution >= 4 is 11.6 Å². The second-order valence-corrected chi connectivity index (χ2v) is 6.58. The minimum Gasteiger partial charge on any atom is -0.339 e. The Bertz CT molecular complexity index is 630. The molecule has 2 unspecified atom stereocenters. The second kappa shape index (κ2) is 5.43. The van der Waals surface area contributed by atoms with E-state index in [1.807, 2.05) is 24.3 Å². The number of piperidine rings is 1. The molecule has 1 N–H and O–H groups in total. The highest BCUT2D eigenvalue weighted by atomic mass is 35.5. The molecule has 2 aliphatic heterocycles. The van der Waals surface area contributed by atoms with Gasteiger partial charge in [0.15, 0.2) is 0 Å². The van der Waals surface area contributed by atoms with E-state index in [0.717, 1.165) is 17.9 Å². The van der Waals surface area contributed by atoms with Crippen LogP contribution >= 0.6 is 11.6 Å². The minimum absolute atomic E-state index is 0.590. The fraction of sp³-hybridized carbons (Fsp3) is 0.500. The number of hydrogen-bond donors (Lipinski definition) is 1. The number of nitrogens with one attached hydrogen (secondary N) is 1. The standard InChI is InChI=1S/C16H18ClN3O/c17-14-4-2-1-3-13(14)16-19-15(21-20-16)9-10-7-11-5-6-12(8-10)18-11/h1-4,10-12,18H,5-9H2. The molecule has 3 heterocycles. The Balaban J connectivity index is 1.49. The maximum atomic E-state index is 6.18. The number of rotatable bonds is 3. The van der Waals surface area contributed by atoms with Gasteiger partial charge >= 0.3 is 0 Å². The van der Waals surface area contributed by atoms with E-state index in [1.165, 1.54) is 25.7 Å². The lowest BCUT2D eigenvalue weighted by molar-refractivity contribution is 0.270. The lowest BCUT2D eigenvalue weighted by atomic mass is 9.90. The Morgan fingerprint density at radius 1 is 1.19 bits per heavy atom. The van der Waals surface area contributed by atoms with Crippen molar-refractivity contribution in [2.75, 3.05) is 0 Å². The van der Waals surface area contributed by atoms with Gasteiger partial charge in [-0.1, -0.05) is 28.9 Å². The summed E-state index contributed by atoms with van der Waals surface area (Å²) >= 11 is 6.18. The average Bonchev–Trinajstić information content (AvgIpc) is 3.06. The van der Waals surface area contributed by atoms with Crippen molar-refractivity contribution < 1.29 is 4.52 Å². The van der Waals surface area contributed by atoms with Crippen molar-refractivity contribution in [3.8, 4) is 11.4 Å². The molecule has 1 aromatic heterocycles. The molecule has 0 spiro atoms. The van der Waals surface area contributed by atoms with Gasteiger partial charge in [-0.05, 0) is 43.7 Å². The highest BCUT2D eigenvalue weighted by molar-refractivity contribution is 6.33. The number of nitrogens with zero attached hydrogens (tertiary/aromatic N) is 2. The van der Waals surface area contributed by atoms with Crippen LogP contribution in [0.4, 0.5) is 0 Å². The summed E-state index contributed by atoms with van der Waals surface area (Å²) in [5.74, 6) is 1.98. The van der Waals surface area contributed by atoms with Crippen LogP contribution in [-0.2, 0) is 6.42 Å². The molecule has 2 bridgehead atoms. The van der Waals surface area contributed by atoms with Crippen molar-refractivity contribution in [2.45, 2.75) is 44.2 Å². The first kappa shape index (κ1) is 13.3. The summed E-state index contributed by atoms with van der Waals surface area (Å²) in [4.78, 5) is 4.52. The van der Waals surface area contributed by atoms with E-state index >= 15 is 0 Å². The van der Waals surface area contributed by atoms with Crippen molar-refractivity contribution in [1.82, 2.24) is 15.5 Å². The Kier molecular flexibility index (Phi) is 3.43. The van der Waals surface area contributed by atoms with E-state index in [1.54, 1.807) is 0 Å². The largest absolute Gasteiger partial charge is 0.339 e. The predicted molar refractivity (Wildman–Crippen MR) is 81.1 cm³/mol. The van der Waals surface area contributed by atoms with Crippen LogP contribution in [0.15, 0.2) is 28.8 Å². The third kappa shape index (κ3) is 2.70. The zero-order valence-corrected chi connectivity index (χ0v) is 12.5. The summed E-state index contributed by atoms with van der Waals surface area (Å²) in [5.41, 5.74) is 0.833.